The molecule has 0 bridgehead atoms. The zero-order chi connectivity index (χ0) is 18.5. The van der Waals surface area contributed by atoms with E-state index in [9.17, 15) is 9.59 Å². The van der Waals surface area contributed by atoms with Crippen molar-refractivity contribution < 1.29 is 9.59 Å². The van der Waals surface area contributed by atoms with Crippen LogP contribution in [0, 0.1) is 0 Å². The van der Waals surface area contributed by atoms with Crippen molar-refractivity contribution in [3.05, 3.63) is 59.3 Å². The Morgan fingerprint density at radius 2 is 2.04 bits per heavy atom. The zero-order valence-corrected chi connectivity index (χ0v) is 15.2. The van der Waals surface area contributed by atoms with Gasteiger partial charge in [-0.1, -0.05) is 24.3 Å². The number of aromatic nitrogens is 1. The molecule has 6 heteroatoms. The molecular weight excluding hydrogens is 328 g/mol. The molecule has 1 saturated heterocycles. The highest BCUT2D eigenvalue weighted by Gasteiger charge is 2.20. The van der Waals surface area contributed by atoms with Crippen molar-refractivity contribution in [1.29, 1.82) is 0 Å². The predicted octanol–water partition coefficient (Wildman–Crippen LogP) is 2.20. The second-order valence-corrected chi connectivity index (χ2v) is 6.69. The van der Waals surface area contributed by atoms with Crippen LogP contribution in [0.1, 0.15) is 34.3 Å². The van der Waals surface area contributed by atoms with Gasteiger partial charge in [-0.05, 0) is 29.7 Å². The van der Waals surface area contributed by atoms with Crippen LogP contribution in [0.3, 0.4) is 0 Å². The topological polar surface area (TPSA) is 65.5 Å². The van der Waals surface area contributed by atoms with Crippen molar-refractivity contribution in [2.75, 3.05) is 25.5 Å². The van der Waals surface area contributed by atoms with Crippen LogP contribution < -0.4 is 10.2 Å². The zero-order valence-electron chi connectivity index (χ0n) is 15.2. The van der Waals surface area contributed by atoms with Gasteiger partial charge in [-0.25, -0.2) is 4.98 Å². The molecule has 0 unspecified atom stereocenters. The molecule has 2 amide bonds. The van der Waals surface area contributed by atoms with E-state index in [0.717, 1.165) is 24.1 Å². The number of benzene rings is 1. The normalized spacial score (nSPS) is 13.8. The maximum Gasteiger partial charge on any atom is 0.255 e. The Morgan fingerprint density at radius 1 is 1.23 bits per heavy atom. The summed E-state index contributed by atoms with van der Waals surface area (Å²) < 4.78 is 0. The first-order valence-corrected chi connectivity index (χ1v) is 8.81. The Morgan fingerprint density at radius 3 is 2.77 bits per heavy atom. The number of hydrogen-bond donors (Lipinski definition) is 1. The lowest BCUT2D eigenvalue weighted by Crippen LogP contribution is -2.26. The molecule has 0 radical (unpaired) electrons. The van der Waals surface area contributed by atoms with Crippen LogP contribution in [0.4, 0.5) is 5.82 Å². The summed E-state index contributed by atoms with van der Waals surface area (Å²) in [6, 6.07) is 11.5. The van der Waals surface area contributed by atoms with Gasteiger partial charge in [-0.15, -0.1) is 0 Å². The smallest absolute Gasteiger partial charge is 0.255 e. The molecule has 1 aromatic heterocycles. The number of pyridine rings is 1. The van der Waals surface area contributed by atoms with Crippen LogP contribution in [0.5, 0.6) is 0 Å². The van der Waals surface area contributed by atoms with E-state index < -0.39 is 0 Å². The first-order valence-electron chi connectivity index (χ1n) is 8.81. The SMILES string of the molecule is CN(C)c1ncccc1C(=O)NCc1cccc(CN2CCCC2=O)c1. The van der Waals surface area contributed by atoms with Gasteiger partial charge in [-0.3, -0.25) is 9.59 Å². The molecule has 1 aliphatic heterocycles. The minimum Gasteiger partial charge on any atom is -0.362 e. The largest absolute Gasteiger partial charge is 0.362 e. The van der Waals surface area contributed by atoms with Gasteiger partial charge in [0.25, 0.3) is 5.91 Å². The van der Waals surface area contributed by atoms with E-state index >= 15 is 0 Å². The van der Waals surface area contributed by atoms with Gasteiger partial charge >= 0.3 is 0 Å². The number of likely N-dealkylation sites (tertiary alicyclic amines) is 1. The number of nitrogens with one attached hydrogen (secondary N) is 1. The lowest BCUT2D eigenvalue weighted by Gasteiger charge is -2.17. The fourth-order valence-electron chi connectivity index (χ4n) is 3.14. The van der Waals surface area contributed by atoms with Gasteiger partial charge in [0.15, 0.2) is 0 Å². The Labute approximate surface area is 153 Å². The number of carbonyl (C=O) groups is 2. The highest BCUT2D eigenvalue weighted by atomic mass is 16.2. The summed E-state index contributed by atoms with van der Waals surface area (Å²) in [5, 5.41) is 2.95. The quantitative estimate of drug-likeness (QED) is 0.866. The van der Waals surface area contributed by atoms with Gasteiger partial charge in [0, 0.05) is 46.3 Å². The summed E-state index contributed by atoms with van der Waals surface area (Å²) in [4.78, 5) is 32.3. The van der Waals surface area contributed by atoms with E-state index in [2.05, 4.69) is 10.3 Å². The molecule has 6 nitrogen and oxygen atoms in total. The second-order valence-electron chi connectivity index (χ2n) is 6.69. The van der Waals surface area contributed by atoms with Crippen LogP contribution in [-0.4, -0.2) is 42.3 Å². The molecule has 1 fully saturated rings. The molecule has 0 spiro atoms. The van der Waals surface area contributed by atoms with Crippen molar-refractivity contribution in [2.45, 2.75) is 25.9 Å². The second kappa shape index (κ2) is 7.99. The molecular formula is C20H24N4O2. The minimum atomic E-state index is -0.151. The van der Waals surface area contributed by atoms with E-state index in [1.54, 1.807) is 18.3 Å². The summed E-state index contributed by atoms with van der Waals surface area (Å²) in [5.74, 6) is 0.713. The van der Waals surface area contributed by atoms with E-state index in [0.29, 0.717) is 30.9 Å². The van der Waals surface area contributed by atoms with Crippen molar-refractivity contribution >= 4 is 17.6 Å². The molecule has 0 atom stereocenters. The summed E-state index contributed by atoms with van der Waals surface area (Å²) in [7, 11) is 3.73. The first kappa shape index (κ1) is 17.9. The van der Waals surface area contributed by atoms with Crippen LogP contribution in [0.2, 0.25) is 0 Å². The molecule has 2 aromatic rings. The highest BCUT2D eigenvalue weighted by Crippen LogP contribution is 2.16. The summed E-state index contributed by atoms with van der Waals surface area (Å²) in [5.41, 5.74) is 2.65. The number of amides is 2. The Hall–Kier alpha value is -2.89. The number of nitrogens with zero attached hydrogens (tertiary/aromatic N) is 3. The average molecular weight is 352 g/mol. The summed E-state index contributed by atoms with van der Waals surface area (Å²) in [6.45, 7) is 1.89. The third-order valence-corrected chi connectivity index (χ3v) is 4.44. The standard InChI is InChI=1S/C20H24N4O2/c1-23(2)19-17(8-4-10-21-19)20(26)22-13-15-6-3-7-16(12-15)14-24-11-5-9-18(24)25/h3-4,6-8,10,12H,5,9,11,13-14H2,1-2H3,(H,22,26). The molecule has 26 heavy (non-hydrogen) atoms. The Kier molecular flexibility index (Phi) is 5.51. The van der Waals surface area contributed by atoms with Gasteiger partial charge in [0.2, 0.25) is 5.91 Å². The monoisotopic (exact) mass is 352 g/mol. The summed E-state index contributed by atoms with van der Waals surface area (Å²) >= 11 is 0. The molecule has 0 saturated carbocycles. The lowest BCUT2D eigenvalue weighted by atomic mass is 10.1. The third-order valence-electron chi connectivity index (χ3n) is 4.44. The van der Waals surface area contributed by atoms with E-state index in [4.69, 9.17) is 0 Å². The van der Waals surface area contributed by atoms with Crippen molar-refractivity contribution in [3.8, 4) is 0 Å². The predicted molar refractivity (Wildman–Crippen MR) is 101 cm³/mol. The Balaban J connectivity index is 1.64. The van der Waals surface area contributed by atoms with Crippen LogP contribution in [0.15, 0.2) is 42.6 Å². The van der Waals surface area contributed by atoms with Gasteiger partial charge in [-0.2, -0.15) is 0 Å². The van der Waals surface area contributed by atoms with Gasteiger partial charge in [0.1, 0.15) is 5.82 Å². The number of anilines is 1. The fourth-order valence-corrected chi connectivity index (χ4v) is 3.14. The van der Waals surface area contributed by atoms with E-state index in [1.807, 2.05) is 48.2 Å². The minimum absolute atomic E-state index is 0.151. The lowest BCUT2D eigenvalue weighted by molar-refractivity contribution is -0.128. The highest BCUT2D eigenvalue weighted by molar-refractivity contribution is 5.98. The molecule has 3 rings (SSSR count). The van der Waals surface area contributed by atoms with Crippen LogP contribution >= 0.6 is 0 Å². The fraction of sp³-hybridized carbons (Fsp3) is 0.350. The molecule has 1 aromatic carbocycles. The average Bonchev–Trinajstić information content (AvgIpc) is 3.04. The summed E-state index contributed by atoms with van der Waals surface area (Å²) in [6.07, 6.45) is 3.26. The van der Waals surface area contributed by atoms with Crippen molar-refractivity contribution in [1.82, 2.24) is 15.2 Å². The molecule has 1 aliphatic rings. The number of carbonyl (C=O) groups excluding carboxylic acids is 2. The van der Waals surface area contributed by atoms with E-state index in [1.165, 1.54) is 0 Å². The first-order chi connectivity index (χ1) is 12.5. The molecule has 2 heterocycles. The number of rotatable bonds is 6. The maximum absolute atomic E-state index is 12.5. The molecule has 0 aliphatic carbocycles. The maximum atomic E-state index is 12.5. The van der Waals surface area contributed by atoms with Crippen LogP contribution in [-0.2, 0) is 17.9 Å². The Bertz CT molecular complexity index is 804. The third kappa shape index (κ3) is 4.20. The number of hydrogen-bond acceptors (Lipinski definition) is 4. The van der Waals surface area contributed by atoms with E-state index in [-0.39, 0.29) is 11.8 Å². The van der Waals surface area contributed by atoms with Crippen molar-refractivity contribution in [3.63, 3.8) is 0 Å². The van der Waals surface area contributed by atoms with Gasteiger partial charge < -0.3 is 15.1 Å². The molecule has 136 valence electrons. The van der Waals surface area contributed by atoms with Crippen LogP contribution in [0.25, 0.3) is 0 Å². The van der Waals surface area contributed by atoms with Gasteiger partial charge in [0.05, 0.1) is 5.56 Å². The molecule has 1 N–H and O–H groups in total. The van der Waals surface area contributed by atoms with Crippen molar-refractivity contribution in [2.24, 2.45) is 0 Å².